The lowest BCUT2D eigenvalue weighted by Crippen LogP contribution is -2.48. The van der Waals surface area contributed by atoms with Crippen LogP contribution in [-0.4, -0.2) is 46.6 Å². The Kier molecular flexibility index (Phi) is 4.06. The van der Waals surface area contributed by atoms with Crippen LogP contribution in [0.4, 0.5) is 0 Å². The summed E-state index contributed by atoms with van der Waals surface area (Å²) < 4.78 is 0. The van der Waals surface area contributed by atoms with E-state index in [1.165, 1.54) is 0 Å². The lowest BCUT2D eigenvalue weighted by Gasteiger charge is -2.33. The Morgan fingerprint density at radius 2 is 2.38 bits per heavy atom. The van der Waals surface area contributed by atoms with Gasteiger partial charge in [0.15, 0.2) is 0 Å². The molecule has 0 saturated carbocycles. The molecule has 1 atom stereocenters. The summed E-state index contributed by atoms with van der Waals surface area (Å²) in [5.74, 6) is 1.68. The highest BCUT2D eigenvalue weighted by atomic mass is 32.2. The highest BCUT2D eigenvalue weighted by molar-refractivity contribution is 7.99. The summed E-state index contributed by atoms with van der Waals surface area (Å²) in [6.45, 7) is 6.07. The number of rotatable bonds is 3. The van der Waals surface area contributed by atoms with Gasteiger partial charge in [0.25, 0.3) is 0 Å². The molecule has 1 aliphatic rings. The number of carboxylic acid groups (broad SMARTS) is 1. The van der Waals surface area contributed by atoms with Crippen molar-refractivity contribution in [1.29, 1.82) is 0 Å². The second kappa shape index (κ2) is 4.86. The van der Waals surface area contributed by atoms with Gasteiger partial charge in [-0.15, -0.1) is 0 Å². The average Bonchev–Trinajstić information content (AvgIpc) is 2.03. The van der Waals surface area contributed by atoms with Gasteiger partial charge in [0.05, 0.1) is 0 Å². The van der Waals surface area contributed by atoms with Crippen molar-refractivity contribution in [3.05, 3.63) is 0 Å². The van der Waals surface area contributed by atoms with Crippen LogP contribution in [0, 0.1) is 5.92 Å². The molecular formula is C9H17NO2S. The summed E-state index contributed by atoms with van der Waals surface area (Å²) >= 11 is 1.74. The van der Waals surface area contributed by atoms with E-state index in [1.54, 1.807) is 11.8 Å². The van der Waals surface area contributed by atoms with Crippen molar-refractivity contribution >= 4 is 17.7 Å². The largest absolute Gasteiger partial charge is 0.480 e. The number of aliphatic carboxylic acids is 1. The standard InChI is InChI=1S/C9H17NO2S/c1-7(2)5-10-3-4-13-6-8(10)9(11)12/h7-8H,3-6H2,1-2H3,(H,11,12). The summed E-state index contributed by atoms with van der Waals surface area (Å²) in [6.07, 6.45) is 0. The molecule has 1 N–H and O–H groups in total. The van der Waals surface area contributed by atoms with Crippen LogP contribution in [-0.2, 0) is 4.79 Å². The molecule has 76 valence electrons. The highest BCUT2D eigenvalue weighted by Gasteiger charge is 2.28. The summed E-state index contributed by atoms with van der Waals surface area (Å²) in [4.78, 5) is 13.0. The van der Waals surface area contributed by atoms with Crippen molar-refractivity contribution in [1.82, 2.24) is 4.90 Å². The van der Waals surface area contributed by atoms with Crippen LogP contribution in [0.25, 0.3) is 0 Å². The molecule has 1 fully saturated rings. The lowest BCUT2D eigenvalue weighted by molar-refractivity contribution is -0.142. The molecule has 1 rings (SSSR count). The minimum Gasteiger partial charge on any atom is -0.480 e. The fourth-order valence-corrected chi connectivity index (χ4v) is 2.66. The molecular weight excluding hydrogens is 186 g/mol. The molecule has 0 aromatic rings. The molecule has 0 amide bonds. The molecule has 13 heavy (non-hydrogen) atoms. The smallest absolute Gasteiger partial charge is 0.321 e. The zero-order chi connectivity index (χ0) is 9.84. The first-order valence-electron chi connectivity index (χ1n) is 4.66. The zero-order valence-corrected chi connectivity index (χ0v) is 9.01. The maximum Gasteiger partial charge on any atom is 0.321 e. The third kappa shape index (κ3) is 3.19. The molecule has 1 heterocycles. The van der Waals surface area contributed by atoms with Crippen molar-refractivity contribution in [3.8, 4) is 0 Å². The van der Waals surface area contributed by atoms with Crippen LogP contribution in [0.3, 0.4) is 0 Å². The number of hydrogen-bond acceptors (Lipinski definition) is 3. The quantitative estimate of drug-likeness (QED) is 0.747. The second-order valence-corrected chi connectivity index (χ2v) is 4.97. The summed E-state index contributed by atoms with van der Waals surface area (Å²) in [7, 11) is 0. The van der Waals surface area contributed by atoms with E-state index in [9.17, 15) is 4.79 Å². The SMILES string of the molecule is CC(C)CN1CCSCC1C(=O)O. The van der Waals surface area contributed by atoms with Crippen molar-refractivity contribution in [2.75, 3.05) is 24.6 Å². The van der Waals surface area contributed by atoms with E-state index in [1.807, 2.05) is 0 Å². The van der Waals surface area contributed by atoms with Gasteiger partial charge in [-0.1, -0.05) is 13.8 Å². The predicted molar refractivity (Wildman–Crippen MR) is 55.2 cm³/mol. The zero-order valence-electron chi connectivity index (χ0n) is 8.19. The van der Waals surface area contributed by atoms with Crippen molar-refractivity contribution in [3.63, 3.8) is 0 Å². The van der Waals surface area contributed by atoms with E-state index in [0.29, 0.717) is 5.92 Å². The van der Waals surface area contributed by atoms with Gasteiger partial charge in [-0.3, -0.25) is 9.69 Å². The van der Waals surface area contributed by atoms with E-state index in [-0.39, 0.29) is 6.04 Å². The fraction of sp³-hybridized carbons (Fsp3) is 0.889. The van der Waals surface area contributed by atoms with Gasteiger partial charge in [-0.25, -0.2) is 0 Å². The second-order valence-electron chi connectivity index (χ2n) is 3.82. The van der Waals surface area contributed by atoms with Crippen molar-refractivity contribution in [2.45, 2.75) is 19.9 Å². The number of nitrogens with zero attached hydrogens (tertiary/aromatic N) is 1. The van der Waals surface area contributed by atoms with Crippen LogP contribution < -0.4 is 0 Å². The van der Waals surface area contributed by atoms with Gasteiger partial charge in [0.2, 0.25) is 0 Å². The van der Waals surface area contributed by atoms with Gasteiger partial charge in [-0.2, -0.15) is 11.8 Å². The van der Waals surface area contributed by atoms with Gasteiger partial charge >= 0.3 is 5.97 Å². The molecule has 0 aromatic heterocycles. The van der Waals surface area contributed by atoms with Crippen LogP contribution in [0.1, 0.15) is 13.8 Å². The van der Waals surface area contributed by atoms with Crippen molar-refractivity contribution < 1.29 is 9.90 Å². The molecule has 0 aromatic carbocycles. The Morgan fingerprint density at radius 3 is 2.92 bits per heavy atom. The van der Waals surface area contributed by atoms with E-state index in [2.05, 4.69) is 18.7 Å². The van der Waals surface area contributed by atoms with E-state index >= 15 is 0 Å². The number of carboxylic acids is 1. The summed E-state index contributed by atoms with van der Waals surface area (Å²) in [5.41, 5.74) is 0. The molecule has 1 saturated heterocycles. The first-order valence-corrected chi connectivity index (χ1v) is 5.81. The first-order chi connectivity index (χ1) is 6.11. The first kappa shape index (κ1) is 10.9. The van der Waals surface area contributed by atoms with Gasteiger partial charge in [0.1, 0.15) is 6.04 Å². The highest BCUT2D eigenvalue weighted by Crippen LogP contribution is 2.17. The molecule has 0 bridgehead atoms. The average molecular weight is 203 g/mol. The Labute approximate surface area is 83.5 Å². The molecule has 0 aliphatic carbocycles. The number of thioether (sulfide) groups is 1. The maximum atomic E-state index is 10.9. The molecule has 3 nitrogen and oxygen atoms in total. The van der Waals surface area contributed by atoms with Gasteiger partial charge < -0.3 is 5.11 Å². The summed E-state index contributed by atoms with van der Waals surface area (Å²) in [5, 5.41) is 8.97. The van der Waals surface area contributed by atoms with E-state index in [4.69, 9.17) is 5.11 Å². The van der Waals surface area contributed by atoms with Gasteiger partial charge in [-0.05, 0) is 5.92 Å². The van der Waals surface area contributed by atoms with E-state index < -0.39 is 5.97 Å². The minimum absolute atomic E-state index is 0.263. The molecule has 0 radical (unpaired) electrons. The number of carbonyl (C=O) groups is 1. The Morgan fingerprint density at radius 1 is 1.69 bits per heavy atom. The van der Waals surface area contributed by atoms with Crippen LogP contribution >= 0.6 is 11.8 Å². The third-order valence-corrected chi connectivity index (χ3v) is 3.15. The maximum absolute atomic E-state index is 10.9. The predicted octanol–water partition coefficient (Wildman–Crippen LogP) is 1.14. The monoisotopic (exact) mass is 203 g/mol. The molecule has 1 unspecified atom stereocenters. The topological polar surface area (TPSA) is 40.5 Å². The van der Waals surface area contributed by atoms with Crippen molar-refractivity contribution in [2.24, 2.45) is 5.92 Å². The lowest BCUT2D eigenvalue weighted by atomic mass is 10.1. The minimum atomic E-state index is -0.673. The Bertz CT molecular complexity index is 184. The number of hydrogen-bond donors (Lipinski definition) is 1. The molecule has 0 spiro atoms. The normalized spacial score (nSPS) is 25.0. The summed E-state index contributed by atoms with van der Waals surface area (Å²) in [6, 6.07) is -0.263. The Hall–Kier alpha value is -0.220. The van der Waals surface area contributed by atoms with Crippen LogP contribution in [0.2, 0.25) is 0 Å². The van der Waals surface area contributed by atoms with Crippen LogP contribution in [0.5, 0.6) is 0 Å². The third-order valence-electron chi connectivity index (χ3n) is 2.12. The molecule has 4 heteroatoms. The van der Waals surface area contributed by atoms with Gasteiger partial charge in [0, 0.05) is 24.6 Å². The van der Waals surface area contributed by atoms with E-state index in [0.717, 1.165) is 24.6 Å². The van der Waals surface area contributed by atoms with Crippen LogP contribution in [0.15, 0.2) is 0 Å². The molecule has 1 aliphatic heterocycles. The fourth-order valence-electron chi connectivity index (χ4n) is 1.55. The Balaban J connectivity index is 2.51.